The van der Waals surface area contributed by atoms with Gasteiger partial charge in [0.25, 0.3) is 0 Å². The minimum atomic E-state index is -0.402. The van der Waals surface area contributed by atoms with Gasteiger partial charge in [-0.05, 0) is 20.8 Å². The van der Waals surface area contributed by atoms with Crippen molar-refractivity contribution in [3.05, 3.63) is 11.9 Å². The summed E-state index contributed by atoms with van der Waals surface area (Å²) < 4.78 is 7.48. The molecular formula is C23H43N3O3. The molecule has 6 nitrogen and oxygen atoms in total. The molecule has 0 aliphatic heterocycles. The Bertz CT molecular complexity index is 639. The Labute approximate surface area is 177 Å². The molecule has 0 aliphatic carbocycles. The fraction of sp³-hybridized carbons (Fsp3) is 0.826. The van der Waals surface area contributed by atoms with Crippen LogP contribution in [-0.4, -0.2) is 38.8 Å². The molecule has 0 aliphatic rings. The van der Waals surface area contributed by atoms with Gasteiger partial charge in [0.2, 0.25) is 0 Å². The van der Waals surface area contributed by atoms with Gasteiger partial charge in [-0.1, -0.05) is 67.5 Å². The van der Waals surface area contributed by atoms with Crippen molar-refractivity contribution in [2.24, 2.45) is 10.8 Å². The molecule has 0 spiro atoms. The smallest absolute Gasteiger partial charge is 0.145 e. The highest BCUT2D eigenvalue weighted by Crippen LogP contribution is 2.22. The molecule has 1 aromatic rings. The number of carbonyl (C=O) groups excluding carboxylic acids is 2. The Morgan fingerprint density at radius 2 is 1.31 bits per heavy atom. The summed E-state index contributed by atoms with van der Waals surface area (Å²) in [6.45, 7) is 25.0. The minimum Gasteiger partial charge on any atom is -0.374 e. The summed E-state index contributed by atoms with van der Waals surface area (Å²) in [4.78, 5) is 23.0. The zero-order valence-electron chi connectivity index (χ0n) is 20.8. The number of Topliss-reactive ketones (excluding diaryl/α,β-unsaturated/α-hetero) is 2. The third-order valence-corrected chi connectivity index (χ3v) is 4.16. The Hall–Kier alpha value is -1.56. The predicted molar refractivity (Wildman–Crippen MR) is 118 cm³/mol. The van der Waals surface area contributed by atoms with E-state index in [0.717, 1.165) is 12.2 Å². The van der Waals surface area contributed by atoms with Gasteiger partial charge in [-0.25, -0.2) is 4.68 Å². The van der Waals surface area contributed by atoms with E-state index in [-0.39, 0.29) is 29.0 Å². The first-order chi connectivity index (χ1) is 12.7. The molecule has 0 fully saturated rings. The lowest BCUT2D eigenvalue weighted by atomic mass is 9.82. The van der Waals surface area contributed by atoms with Crippen molar-refractivity contribution in [2.45, 2.75) is 107 Å². The zero-order chi connectivity index (χ0) is 23.3. The van der Waals surface area contributed by atoms with Crippen molar-refractivity contribution in [3.63, 3.8) is 0 Å². The van der Waals surface area contributed by atoms with Crippen LogP contribution in [0.5, 0.6) is 0 Å². The van der Waals surface area contributed by atoms with E-state index in [4.69, 9.17) is 4.74 Å². The van der Waals surface area contributed by atoms with Gasteiger partial charge in [-0.3, -0.25) is 9.59 Å². The van der Waals surface area contributed by atoms with Crippen molar-refractivity contribution >= 4 is 11.6 Å². The van der Waals surface area contributed by atoms with Gasteiger partial charge < -0.3 is 4.74 Å². The standard InChI is InChI=1S/C12H23N3O.C11H20O2/c1-11(2,3)10-9-15(14-13-10)7-8-16-12(4,5)6;1-10(2,3)8(12)7-9(13)11(4,5)6/h9H,7-8H2,1-6H3;7H2,1-6H3. The lowest BCUT2D eigenvalue weighted by Crippen LogP contribution is -2.28. The van der Waals surface area contributed by atoms with Crippen LogP contribution >= 0.6 is 0 Å². The first-order valence-corrected chi connectivity index (χ1v) is 10.3. The predicted octanol–water partition coefficient (Wildman–Crippen LogP) is 5.00. The van der Waals surface area contributed by atoms with Crippen LogP contribution in [0.25, 0.3) is 0 Å². The van der Waals surface area contributed by atoms with Gasteiger partial charge in [-0.2, -0.15) is 0 Å². The minimum absolute atomic E-state index is 0.0208. The summed E-state index contributed by atoms with van der Waals surface area (Å²) in [5.41, 5.74) is 0.182. The zero-order valence-corrected chi connectivity index (χ0v) is 20.8. The van der Waals surface area contributed by atoms with E-state index in [9.17, 15) is 9.59 Å². The maximum absolute atomic E-state index is 11.5. The number of nitrogens with zero attached hydrogens (tertiary/aromatic N) is 3. The molecule has 0 saturated heterocycles. The molecule has 0 atom stereocenters. The van der Waals surface area contributed by atoms with Crippen LogP contribution in [-0.2, 0) is 26.3 Å². The largest absolute Gasteiger partial charge is 0.374 e. The third-order valence-electron chi connectivity index (χ3n) is 4.16. The Morgan fingerprint density at radius 3 is 1.62 bits per heavy atom. The van der Waals surface area contributed by atoms with Crippen LogP contribution in [0.3, 0.4) is 0 Å². The van der Waals surface area contributed by atoms with E-state index in [2.05, 4.69) is 51.9 Å². The second-order valence-electron chi connectivity index (χ2n) is 11.6. The fourth-order valence-corrected chi connectivity index (χ4v) is 1.87. The SMILES string of the molecule is CC(C)(C)C(=O)CC(=O)C(C)(C)C.CC(C)(C)OCCn1cc(C(C)(C)C)nn1. The van der Waals surface area contributed by atoms with Crippen LogP contribution in [0.1, 0.15) is 95.2 Å². The molecule has 168 valence electrons. The maximum atomic E-state index is 11.5. The molecule has 0 N–H and O–H groups in total. The molecule has 0 amide bonds. The molecule has 6 heteroatoms. The Morgan fingerprint density at radius 1 is 0.862 bits per heavy atom. The summed E-state index contributed by atoms with van der Waals surface area (Å²) in [5.74, 6) is 0.0415. The van der Waals surface area contributed by atoms with Gasteiger partial charge in [0.05, 0.1) is 30.9 Å². The quantitative estimate of drug-likeness (QED) is 0.640. The molecule has 1 rings (SSSR count). The number of ketones is 2. The lowest BCUT2D eigenvalue weighted by Gasteiger charge is -2.20. The number of hydrogen-bond acceptors (Lipinski definition) is 5. The van der Waals surface area contributed by atoms with Gasteiger partial charge >= 0.3 is 0 Å². The highest BCUT2D eigenvalue weighted by atomic mass is 16.5. The summed E-state index contributed by atoms with van der Waals surface area (Å²) in [7, 11) is 0. The molecule has 0 radical (unpaired) electrons. The topological polar surface area (TPSA) is 74.1 Å². The van der Waals surface area contributed by atoms with Gasteiger partial charge in [0.15, 0.2) is 0 Å². The second kappa shape index (κ2) is 9.96. The van der Waals surface area contributed by atoms with E-state index >= 15 is 0 Å². The Kier molecular flexibility index (Phi) is 9.43. The van der Waals surface area contributed by atoms with Crippen molar-refractivity contribution in [2.75, 3.05) is 6.61 Å². The number of ether oxygens (including phenoxy) is 1. The van der Waals surface area contributed by atoms with Crippen molar-refractivity contribution in [3.8, 4) is 0 Å². The highest BCUT2D eigenvalue weighted by molar-refractivity contribution is 6.03. The van der Waals surface area contributed by atoms with Crippen molar-refractivity contribution < 1.29 is 14.3 Å². The van der Waals surface area contributed by atoms with Crippen LogP contribution in [0, 0.1) is 10.8 Å². The molecule has 29 heavy (non-hydrogen) atoms. The van der Waals surface area contributed by atoms with Crippen LogP contribution in [0.4, 0.5) is 0 Å². The maximum Gasteiger partial charge on any atom is 0.145 e. The number of carbonyl (C=O) groups is 2. The first kappa shape index (κ1) is 27.4. The van der Waals surface area contributed by atoms with E-state index in [1.54, 1.807) is 0 Å². The summed E-state index contributed by atoms with van der Waals surface area (Å²) in [5, 5.41) is 8.25. The van der Waals surface area contributed by atoms with Gasteiger partial charge in [-0.15, -0.1) is 5.10 Å². The Balaban J connectivity index is 0.000000555. The first-order valence-electron chi connectivity index (χ1n) is 10.3. The summed E-state index contributed by atoms with van der Waals surface area (Å²) in [6.07, 6.45) is 2.05. The van der Waals surface area contributed by atoms with E-state index in [0.29, 0.717) is 6.61 Å². The molecule has 0 saturated carbocycles. The fourth-order valence-electron chi connectivity index (χ4n) is 1.87. The molecule has 0 aromatic carbocycles. The number of rotatable bonds is 5. The van der Waals surface area contributed by atoms with Crippen LogP contribution in [0.2, 0.25) is 0 Å². The normalized spacial score (nSPS) is 13.0. The van der Waals surface area contributed by atoms with E-state index < -0.39 is 10.8 Å². The van der Waals surface area contributed by atoms with Gasteiger partial charge in [0, 0.05) is 22.4 Å². The average Bonchev–Trinajstić information content (AvgIpc) is 2.93. The monoisotopic (exact) mass is 409 g/mol. The third kappa shape index (κ3) is 11.9. The van der Waals surface area contributed by atoms with Crippen LogP contribution in [0.15, 0.2) is 6.20 Å². The van der Waals surface area contributed by atoms with Crippen molar-refractivity contribution in [1.82, 2.24) is 15.0 Å². The van der Waals surface area contributed by atoms with Crippen molar-refractivity contribution in [1.29, 1.82) is 0 Å². The number of hydrogen-bond donors (Lipinski definition) is 0. The summed E-state index contributed by atoms with van der Waals surface area (Å²) in [6, 6.07) is 0. The lowest BCUT2D eigenvalue weighted by molar-refractivity contribution is -0.135. The molecule has 1 aromatic heterocycles. The van der Waals surface area contributed by atoms with Gasteiger partial charge in [0.1, 0.15) is 11.6 Å². The van der Waals surface area contributed by atoms with E-state index in [1.807, 2.05) is 52.4 Å². The highest BCUT2D eigenvalue weighted by Gasteiger charge is 2.29. The molecule has 1 heterocycles. The summed E-state index contributed by atoms with van der Waals surface area (Å²) >= 11 is 0. The molecule has 0 bridgehead atoms. The second-order valence-corrected chi connectivity index (χ2v) is 11.6. The average molecular weight is 410 g/mol. The molecule has 0 unspecified atom stereocenters. The van der Waals surface area contributed by atoms with E-state index in [1.165, 1.54) is 0 Å². The number of aromatic nitrogens is 3. The molecular weight excluding hydrogens is 366 g/mol. The van der Waals surface area contributed by atoms with Crippen LogP contribution < -0.4 is 0 Å².